The first kappa shape index (κ1) is 15.4. The van der Waals surface area contributed by atoms with E-state index in [1.807, 2.05) is 42.5 Å². The second kappa shape index (κ2) is 7.19. The van der Waals surface area contributed by atoms with Gasteiger partial charge >= 0.3 is 0 Å². The number of para-hydroxylation sites is 2. The number of methoxy groups -OCH3 is 1. The van der Waals surface area contributed by atoms with E-state index in [4.69, 9.17) is 9.15 Å². The van der Waals surface area contributed by atoms with Crippen molar-refractivity contribution in [2.75, 3.05) is 18.2 Å². The topological polar surface area (TPSA) is 64.4 Å². The molecule has 0 fully saturated rings. The lowest BCUT2D eigenvalue weighted by Gasteiger charge is -2.06. The van der Waals surface area contributed by atoms with Gasteiger partial charge in [0.05, 0.1) is 7.11 Å². The Morgan fingerprint density at radius 3 is 2.96 bits per heavy atom. The molecule has 0 saturated carbocycles. The van der Waals surface area contributed by atoms with Crippen LogP contribution in [0.1, 0.15) is 6.42 Å². The number of ether oxygens (including phenoxy) is 1. The minimum atomic E-state index is -0.0538. The van der Waals surface area contributed by atoms with Crippen LogP contribution in [-0.4, -0.2) is 23.8 Å². The van der Waals surface area contributed by atoms with Crippen LogP contribution in [0.15, 0.2) is 58.2 Å². The highest BCUT2D eigenvalue weighted by Gasteiger charge is 2.08. The highest BCUT2D eigenvalue weighted by molar-refractivity contribution is 7.99. The Balaban J connectivity index is 1.50. The molecule has 0 atom stereocenters. The summed E-state index contributed by atoms with van der Waals surface area (Å²) in [5, 5.41) is 3.43. The highest BCUT2D eigenvalue weighted by Crippen LogP contribution is 2.24. The van der Waals surface area contributed by atoms with Crippen molar-refractivity contribution in [3.8, 4) is 5.75 Å². The van der Waals surface area contributed by atoms with Crippen LogP contribution in [0.4, 0.5) is 5.69 Å². The largest absolute Gasteiger partial charge is 0.497 e. The van der Waals surface area contributed by atoms with Crippen molar-refractivity contribution in [1.82, 2.24) is 4.98 Å². The predicted molar refractivity (Wildman–Crippen MR) is 91.0 cm³/mol. The van der Waals surface area contributed by atoms with Gasteiger partial charge in [0.2, 0.25) is 5.91 Å². The zero-order valence-corrected chi connectivity index (χ0v) is 13.4. The van der Waals surface area contributed by atoms with Crippen LogP contribution < -0.4 is 10.1 Å². The van der Waals surface area contributed by atoms with Crippen molar-refractivity contribution in [3.63, 3.8) is 0 Å². The molecule has 1 heterocycles. The van der Waals surface area contributed by atoms with Gasteiger partial charge in [-0.15, -0.1) is 0 Å². The second-order valence-electron chi connectivity index (χ2n) is 4.83. The second-order valence-corrected chi connectivity index (χ2v) is 5.87. The summed E-state index contributed by atoms with van der Waals surface area (Å²) in [6, 6.07) is 14.9. The normalized spacial score (nSPS) is 10.7. The zero-order valence-electron chi connectivity index (χ0n) is 12.6. The summed E-state index contributed by atoms with van der Waals surface area (Å²) in [5.41, 5.74) is 2.31. The Kier molecular flexibility index (Phi) is 4.83. The van der Waals surface area contributed by atoms with Crippen LogP contribution in [0.25, 0.3) is 11.1 Å². The maximum absolute atomic E-state index is 12.0. The number of oxazole rings is 1. The lowest BCUT2D eigenvalue weighted by Crippen LogP contribution is -2.12. The van der Waals surface area contributed by atoms with Gasteiger partial charge in [-0.1, -0.05) is 30.0 Å². The number of nitrogens with one attached hydrogen (secondary N) is 1. The monoisotopic (exact) mass is 328 g/mol. The number of carbonyl (C=O) groups excluding carboxylic acids is 1. The van der Waals surface area contributed by atoms with E-state index in [1.165, 1.54) is 11.8 Å². The summed E-state index contributed by atoms with van der Waals surface area (Å²) in [6.45, 7) is 0. The van der Waals surface area contributed by atoms with E-state index in [-0.39, 0.29) is 5.91 Å². The molecule has 0 aliphatic carbocycles. The quantitative estimate of drug-likeness (QED) is 0.694. The van der Waals surface area contributed by atoms with Crippen LogP contribution in [-0.2, 0) is 4.79 Å². The number of amides is 1. The Bertz CT molecular complexity index is 783. The summed E-state index contributed by atoms with van der Waals surface area (Å²) < 4.78 is 10.7. The van der Waals surface area contributed by atoms with E-state index >= 15 is 0 Å². The Morgan fingerprint density at radius 1 is 1.26 bits per heavy atom. The average molecular weight is 328 g/mol. The van der Waals surface area contributed by atoms with Gasteiger partial charge in [0.1, 0.15) is 11.3 Å². The molecule has 2 aromatic carbocycles. The number of rotatable bonds is 6. The molecule has 0 aliphatic heterocycles. The number of benzene rings is 2. The van der Waals surface area contributed by atoms with Gasteiger partial charge in [-0.05, 0) is 24.3 Å². The fourth-order valence-corrected chi connectivity index (χ4v) is 2.84. The van der Waals surface area contributed by atoms with Crippen LogP contribution in [0.2, 0.25) is 0 Å². The maximum Gasteiger partial charge on any atom is 0.256 e. The zero-order chi connectivity index (χ0) is 16.1. The fourth-order valence-electron chi connectivity index (χ4n) is 2.07. The van der Waals surface area contributed by atoms with Crippen molar-refractivity contribution in [2.24, 2.45) is 0 Å². The van der Waals surface area contributed by atoms with Gasteiger partial charge in [-0.3, -0.25) is 4.79 Å². The van der Waals surface area contributed by atoms with Gasteiger partial charge in [0, 0.05) is 23.9 Å². The molecule has 6 heteroatoms. The molecular weight excluding hydrogens is 312 g/mol. The molecule has 0 bridgehead atoms. The van der Waals surface area contributed by atoms with Gasteiger partial charge < -0.3 is 14.5 Å². The molecule has 0 radical (unpaired) electrons. The van der Waals surface area contributed by atoms with Crippen molar-refractivity contribution in [2.45, 2.75) is 11.6 Å². The number of aromatic nitrogens is 1. The minimum Gasteiger partial charge on any atom is -0.497 e. The number of carbonyl (C=O) groups is 1. The van der Waals surface area contributed by atoms with Crippen molar-refractivity contribution in [1.29, 1.82) is 0 Å². The van der Waals surface area contributed by atoms with E-state index < -0.39 is 0 Å². The fraction of sp³-hybridized carbons (Fsp3) is 0.176. The first-order valence-corrected chi connectivity index (χ1v) is 8.15. The minimum absolute atomic E-state index is 0.0538. The molecule has 5 nitrogen and oxygen atoms in total. The number of hydrogen-bond acceptors (Lipinski definition) is 5. The van der Waals surface area contributed by atoms with Gasteiger partial charge in [-0.2, -0.15) is 0 Å². The molecule has 0 aliphatic rings. The van der Waals surface area contributed by atoms with Gasteiger partial charge in [0.25, 0.3) is 5.22 Å². The maximum atomic E-state index is 12.0. The first-order valence-electron chi connectivity index (χ1n) is 7.17. The molecule has 1 amide bonds. The molecule has 1 N–H and O–H groups in total. The Morgan fingerprint density at radius 2 is 2.13 bits per heavy atom. The van der Waals surface area contributed by atoms with Gasteiger partial charge in [-0.25, -0.2) is 4.98 Å². The molecule has 3 aromatic rings. The van der Waals surface area contributed by atoms with Crippen molar-refractivity contribution < 1.29 is 13.9 Å². The van der Waals surface area contributed by atoms with E-state index in [9.17, 15) is 4.79 Å². The Hall–Kier alpha value is -2.47. The summed E-state index contributed by atoms with van der Waals surface area (Å²) in [7, 11) is 1.60. The summed E-state index contributed by atoms with van der Waals surface area (Å²) in [6.07, 6.45) is 0.376. The van der Waals surface area contributed by atoms with Crippen LogP contribution >= 0.6 is 11.8 Å². The molecule has 0 unspecified atom stereocenters. The third-order valence-electron chi connectivity index (χ3n) is 3.18. The molecule has 0 saturated heterocycles. The van der Waals surface area contributed by atoms with Gasteiger partial charge in [0.15, 0.2) is 5.58 Å². The number of hydrogen-bond donors (Lipinski definition) is 1. The number of thioether (sulfide) groups is 1. The molecule has 23 heavy (non-hydrogen) atoms. The predicted octanol–water partition coefficient (Wildman–Crippen LogP) is 3.96. The molecule has 3 rings (SSSR count). The highest BCUT2D eigenvalue weighted by atomic mass is 32.2. The summed E-state index contributed by atoms with van der Waals surface area (Å²) >= 11 is 1.43. The van der Waals surface area contributed by atoms with Crippen LogP contribution in [0.5, 0.6) is 5.75 Å². The third-order valence-corrected chi connectivity index (χ3v) is 4.01. The summed E-state index contributed by atoms with van der Waals surface area (Å²) in [5.74, 6) is 1.26. The van der Waals surface area contributed by atoms with Crippen LogP contribution in [0, 0.1) is 0 Å². The third kappa shape index (κ3) is 4.04. The number of fused-ring (bicyclic) bond motifs is 1. The van der Waals surface area contributed by atoms with E-state index in [1.54, 1.807) is 13.2 Å². The molecule has 1 aromatic heterocycles. The van der Waals surface area contributed by atoms with E-state index in [0.717, 1.165) is 16.8 Å². The van der Waals surface area contributed by atoms with Crippen LogP contribution in [0.3, 0.4) is 0 Å². The summed E-state index contributed by atoms with van der Waals surface area (Å²) in [4.78, 5) is 16.3. The standard InChI is InChI=1S/C17H16N2O3S/c1-21-13-6-4-5-12(11-13)18-16(20)9-10-23-17-19-14-7-2-3-8-15(14)22-17/h2-8,11H,9-10H2,1H3,(H,18,20). The molecule has 0 spiro atoms. The smallest absolute Gasteiger partial charge is 0.256 e. The Labute approximate surface area is 138 Å². The molecule has 118 valence electrons. The average Bonchev–Trinajstić information content (AvgIpc) is 2.97. The SMILES string of the molecule is COc1cccc(NC(=O)CCSc2nc3ccccc3o2)c1. The van der Waals surface area contributed by atoms with Crippen molar-refractivity contribution >= 4 is 34.5 Å². The lowest BCUT2D eigenvalue weighted by atomic mass is 10.3. The van der Waals surface area contributed by atoms with Crippen molar-refractivity contribution in [3.05, 3.63) is 48.5 Å². The first-order chi connectivity index (χ1) is 11.2. The number of anilines is 1. The number of nitrogens with zero attached hydrogens (tertiary/aromatic N) is 1. The lowest BCUT2D eigenvalue weighted by molar-refractivity contribution is -0.115. The molecular formula is C17H16N2O3S. The van der Waals surface area contributed by atoms with E-state index in [0.29, 0.717) is 23.1 Å². The van der Waals surface area contributed by atoms with E-state index in [2.05, 4.69) is 10.3 Å².